The lowest BCUT2D eigenvalue weighted by atomic mass is 9.83. The molecule has 0 fully saturated rings. The van der Waals surface area contributed by atoms with E-state index in [1.807, 2.05) is 12.1 Å². The largest absolute Gasteiger partial charge is 0.478 e. The molecule has 0 spiro atoms. The van der Waals surface area contributed by atoms with E-state index in [2.05, 4.69) is 78.3 Å². The average Bonchev–Trinajstić information content (AvgIpc) is 2.86. The van der Waals surface area contributed by atoms with Gasteiger partial charge in [-0.3, -0.25) is 4.99 Å². The Morgan fingerprint density at radius 2 is 1.80 bits per heavy atom. The Balaban J connectivity index is 1.83. The Morgan fingerprint density at radius 1 is 1.09 bits per heavy atom. The number of benzene rings is 3. The van der Waals surface area contributed by atoms with Crippen LogP contribution in [0.5, 0.6) is 0 Å². The average molecular weight is 466 g/mol. The van der Waals surface area contributed by atoms with Gasteiger partial charge in [-0.25, -0.2) is 4.79 Å². The molecule has 2 atom stereocenters. The van der Waals surface area contributed by atoms with E-state index >= 15 is 0 Å². The van der Waals surface area contributed by atoms with Crippen molar-refractivity contribution in [2.24, 2.45) is 10.7 Å². The maximum Gasteiger partial charge on any atom is 0.328 e. The number of aliphatic imine (C=N–C) groups is 1. The van der Waals surface area contributed by atoms with Crippen LogP contribution in [0.4, 0.5) is 5.69 Å². The number of carbonyl (C=O) groups is 1. The number of hydrogen-bond acceptors (Lipinski definition) is 4. The lowest BCUT2D eigenvalue weighted by molar-refractivity contribution is -0.131. The number of carboxylic acids is 1. The summed E-state index contributed by atoms with van der Waals surface area (Å²) in [4.78, 5) is 17.5. The van der Waals surface area contributed by atoms with Crippen molar-refractivity contribution in [3.05, 3.63) is 112 Å². The zero-order valence-electron chi connectivity index (χ0n) is 20.3. The standard InChI is InChI=1S/C30H31N3O2/c1-20-4-12-27(13-5-20)33-21(2)16-25-17-24(26(18-31)19-32-3)11-14-28(25)30(33)23-9-6-22(7-10-23)8-15-29(34)35/h4-15,17-19,21,30H,16,31H2,1-3H3,(H,34,35)/b15-8+,26-18?,32-19?/t21-,30-/m1/s1. The number of aliphatic carboxylic acids is 1. The van der Waals surface area contributed by atoms with Crippen molar-refractivity contribution in [2.75, 3.05) is 11.9 Å². The summed E-state index contributed by atoms with van der Waals surface area (Å²) in [5.74, 6) is -0.954. The molecule has 0 aliphatic carbocycles. The minimum atomic E-state index is -0.954. The van der Waals surface area contributed by atoms with Crippen molar-refractivity contribution in [2.45, 2.75) is 32.4 Å². The van der Waals surface area contributed by atoms with Crippen LogP contribution in [0.3, 0.4) is 0 Å². The van der Waals surface area contributed by atoms with Crippen LogP contribution in [-0.2, 0) is 11.2 Å². The molecule has 0 amide bonds. The van der Waals surface area contributed by atoms with E-state index in [-0.39, 0.29) is 12.1 Å². The van der Waals surface area contributed by atoms with E-state index in [1.165, 1.54) is 22.4 Å². The Morgan fingerprint density at radius 3 is 2.43 bits per heavy atom. The number of aryl methyl sites for hydroxylation is 1. The molecule has 0 bridgehead atoms. The van der Waals surface area contributed by atoms with E-state index in [4.69, 9.17) is 10.8 Å². The van der Waals surface area contributed by atoms with Crippen molar-refractivity contribution in [3.63, 3.8) is 0 Å². The lowest BCUT2D eigenvalue weighted by Gasteiger charge is -2.44. The van der Waals surface area contributed by atoms with Crippen LogP contribution in [0.15, 0.2) is 84.0 Å². The maximum absolute atomic E-state index is 10.9. The molecule has 3 N–H and O–H groups in total. The Bertz CT molecular complexity index is 1290. The fourth-order valence-electron chi connectivity index (χ4n) is 4.82. The topological polar surface area (TPSA) is 78.9 Å². The Hall–Kier alpha value is -4.12. The molecule has 1 heterocycles. The van der Waals surface area contributed by atoms with Crippen molar-refractivity contribution >= 4 is 29.5 Å². The van der Waals surface area contributed by atoms with Gasteiger partial charge in [0.05, 0.1) is 6.04 Å². The summed E-state index contributed by atoms with van der Waals surface area (Å²) >= 11 is 0. The van der Waals surface area contributed by atoms with Gasteiger partial charge in [0.25, 0.3) is 0 Å². The van der Waals surface area contributed by atoms with Gasteiger partial charge >= 0.3 is 5.97 Å². The van der Waals surface area contributed by atoms with Gasteiger partial charge in [-0.2, -0.15) is 0 Å². The fraction of sp³-hybridized carbons (Fsp3) is 0.200. The first-order valence-corrected chi connectivity index (χ1v) is 11.7. The zero-order valence-corrected chi connectivity index (χ0v) is 20.3. The first kappa shape index (κ1) is 24.0. The van der Waals surface area contributed by atoms with E-state index in [9.17, 15) is 4.79 Å². The Labute approximate surface area is 206 Å². The van der Waals surface area contributed by atoms with Gasteiger partial charge in [-0.15, -0.1) is 0 Å². The molecule has 0 radical (unpaired) electrons. The minimum Gasteiger partial charge on any atom is -0.478 e. The molecular formula is C30H31N3O2. The quantitative estimate of drug-likeness (QED) is 0.365. The van der Waals surface area contributed by atoms with Gasteiger partial charge in [0.15, 0.2) is 0 Å². The molecule has 1 aliphatic heterocycles. The molecule has 3 aromatic rings. The molecule has 5 heteroatoms. The molecule has 0 saturated heterocycles. The molecular weight excluding hydrogens is 434 g/mol. The van der Waals surface area contributed by atoms with E-state index < -0.39 is 5.97 Å². The molecule has 4 rings (SSSR count). The highest BCUT2D eigenvalue weighted by molar-refractivity contribution is 6.09. The van der Waals surface area contributed by atoms with Gasteiger partial charge in [0, 0.05) is 42.8 Å². The number of fused-ring (bicyclic) bond motifs is 1. The first-order valence-electron chi connectivity index (χ1n) is 11.7. The normalized spacial score (nSPS) is 18.3. The highest BCUT2D eigenvalue weighted by Crippen LogP contribution is 2.41. The lowest BCUT2D eigenvalue weighted by Crippen LogP contribution is -2.43. The SMILES string of the molecule is CN=CC(=CN)c1ccc2c(c1)C[C@@H](C)N(c1ccc(C)cc1)[C@@H]2c1ccc(/C=C/C(=O)O)cc1. The van der Waals surface area contributed by atoms with Gasteiger partial charge in [0.2, 0.25) is 0 Å². The summed E-state index contributed by atoms with van der Waals surface area (Å²) in [7, 11) is 1.74. The summed E-state index contributed by atoms with van der Waals surface area (Å²) < 4.78 is 0. The second kappa shape index (κ2) is 10.4. The summed E-state index contributed by atoms with van der Waals surface area (Å²) in [5.41, 5.74) is 14.8. The van der Waals surface area contributed by atoms with Crippen molar-refractivity contribution < 1.29 is 9.90 Å². The van der Waals surface area contributed by atoms with Crippen LogP contribution in [0.25, 0.3) is 11.6 Å². The second-order valence-electron chi connectivity index (χ2n) is 8.96. The van der Waals surface area contributed by atoms with E-state index in [0.29, 0.717) is 0 Å². The molecule has 35 heavy (non-hydrogen) atoms. The maximum atomic E-state index is 10.9. The molecule has 0 aromatic heterocycles. The van der Waals surface area contributed by atoms with Gasteiger partial charge in [-0.05, 0) is 66.3 Å². The number of nitrogens with two attached hydrogens (primary N) is 1. The predicted molar refractivity (Wildman–Crippen MR) is 145 cm³/mol. The molecule has 1 aliphatic rings. The van der Waals surface area contributed by atoms with E-state index in [0.717, 1.165) is 34.8 Å². The zero-order chi connectivity index (χ0) is 24.9. The van der Waals surface area contributed by atoms with E-state index in [1.54, 1.807) is 25.5 Å². The number of anilines is 1. The van der Waals surface area contributed by atoms with Crippen molar-refractivity contribution in [1.29, 1.82) is 0 Å². The van der Waals surface area contributed by atoms with Crippen LogP contribution in [-0.4, -0.2) is 30.4 Å². The minimum absolute atomic E-state index is 0.0214. The number of hydrogen-bond donors (Lipinski definition) is 2. The second-order valence-corrected chi connectivity index (χ2v) is 8.96. The fourth-order valence-corrected chi connectivity index (χ4v) is 4.82. The van der Waals surface area contributed by atoms with Crippen LogP contribution in [0, 0.1) is 6.92 Å². The van der Waals surface area contributed by atoms with Gasteiger partial charge in [0.1, 0.15) is 0 Å². The third-order valence-corrected chi connectivity index (χ3v) is 6.49. The molecule has 5 nitrogen and oxygen atoms in total. The highest BCUT2D eigenvalue weighted by atomic mass is 16.4. The monoisotopic (exact) mass is 465 g/mol. The Kier molecular flexibility index (Phi) is 7.16. The van der Waals surface area contributed by atoms with Gasteiger partial charge in [-0.1, -0.05) is 60.2 Å². The molecule has 0 saturated carbocycles. The van der Waals surface area contributed by atoms with Crippen LogP contribution < -0.4 is 10.6 Å². The number of rotatable bonds is 6. The van der Waals surface area contributed by atoms with Crippen molar-refractivity contribution in [1.82, 2.24) is 0 Å². The number of allylic oxidation sites excluding steroid dienone is 1. The predicted octanol–water partition coefficient (Wildman–Crippen LogP) is 5.63. The molecule has 178 valence electrons. The smallest absolute Gasteiger partial charge is 0.328 e. The first-order chi connectivity index (χ1) is 16.9. The van der Waals surface area contributed by atoms with Gasteiger partial charge < -0.3 is 15.7 Å². The van der Waals surface area contributed by atoms with Crippen molar-refractivity contribution in [3.8, 4) is 0 Å². The number of carboxylic acid groups (broad SMARTS) is 1. The summed E-state index contributed by atoms with van der Waals surface area (Å²) in [6.07, 6.45) is 7.07. The van der Waals surface area contributed by atoms with Crippen LogP contribution in [0.2, 0.25) is 0 Å². The summed E-state index contributed by atoms with van der Waals surface area (Å²) in [6, 6.07) is 23.7. The third kappa shape index (κ3) is 5.19. The molecule has 3 aromatic carbocycles. The number of nitrogens with zero attached hydrogens (tertiary/aromatic N) is 2. The van der Waals surface area contributed by atoms with Crippen LogP contribution in [0.1, 0.15) is 46.3 Å². The summed E-state index contributed by atoms with van der Waals surface area (Å²) in [5, 5.41) is 8.95. The van der Waals surface area contributed by atoms with Crippen LogP contribution >= 0.6 is 0 Å². The third-order valence-electron chi connectivity index (χ3n) is 6.49. The summed E-state index contributed by atoms with van der Waals surface area (Å²) in [6.45, 7) is 4.36. The molecule has 0 unspecified atom stereocenters. The highest BCUT2D eigenvalue weighted by Gasteiger charge is 2.33.